The molecule has 0 radical (unpaired) electrons. The van der Waals surface area contributed by atoms with Crippen LogP contribution in [-0.2, 0) is 14.3 Å². The van der Waals surface area contributed by atoms with Crippen LogP contribution in [0.3, 0.4) is 0 Å². The van der Waals surface area contributed by atoms with Crippen molar-refractivity contribution in [2.24, 2.45) is 0 Å². The van der Waals surface area contributed by atoms with Crippen molar-refractivity contribution in [1.82, 2.24) is 0 Å². The van der Waals surface area contributed by atoms with E-state index in [-0.39, 0.29) is 24.2 Å². The van der Waals surface area contributed by atoms with Crippen molar-refractivity contribution >= 4 is 11.5 Å². The molecule has 0 saturated carbocycles. The molecule has 1 fully saturated rings. The smallest absolute Gasteiger partial charge is 0.201 e. The zero-order valence-electron chi connectivity index (χ0n) is 7.84. The Labute approximate surface area is 77.7 Å². The summed E-state index contributed by atoms with van der Waals surface area (Å²) in [7, 11) is 1.46. The van der Waals surface area contributed by atoms with Gasteiger partial charge in [-0.25, -0.2) is 0 Å². The van der Waals surface area contributed by atoms with Crippen LogP contribution in [0, 0.1) is 5.41 Å². The van der Waals surface area contributed by atoms with Gasteiger partial charge < -0.3 is 14.9 Å². The third-order valence-electron chi connectivity index (χ3n) is 2.07. The number of carbonyl (C=O) groups is 1. The summed E-state index contributed by atoms with van der Waals surface area (Å²) in [4.78, 5) is 11.1. The van der Waals surface area contributed by atoms with Crippen molar-refractivity contribution in [1.29, 1.82) is 5.41 Å². The summed E-state index contributed by atoms with van der Waals surface area (Å²) in [6.07, 6.45) is 2.51. The van der Waals surface area contributed by atoms with Crippen LogP contribution in [0.25, 0.3) is 0 Å². The van der Waals surface area contributed by atoms with Gasteiger partial charge in [-0.15, -0.1) is 0 Å². The van der Waals surface area contributed by atoms with Gasteiger partial charge in [0.05, 0.1) is 11.8 Å². The average Bonchev–Trinajstić information content (AvgIpc) is 2.57. The first-order chi connectivity index (χ1) is 6.24. The SMILES string of the molecule is COCC(=O)C(=N)CC1CCCO1. The van der Waals surface area contributed by atoms with Gasteiger partial charge >= 0.3 is 0 Å². The Bertz CT molecular complexity index is 197. The van der Waals surface area contributed by atoms with Crippen molar-refractivity contribution in [3.8, 4) is 0 Å². The fraction of sp³-hybridized carbons (Fsp3) is 0.778. The molecule has 1 saturated heterocycles. The van der Waals surface area contributed by atoms with Gasteiger partial charge in [-0.2, -0.15) is 0 Å². The van der Waals surface area contributed by atoms with Gasteiger partial charge in [-0.3, -0.25) is 4.79 Å². The molecule has 0 spiro atoms. The molecule has 0 aromatic rings. The Balaban J connectivity index is 2.27. The Morgan fingerprint density at radius 2 is 2.46 bits per heavy atom. The number of ether oxygens (including phenoxy) is 2. The molecule has 1 aliphatic heterocycles. The molecule has 1 heterocycles. The van der Waals surface area contributed by atoms with Gasteiger partial charge in [-0.1, -0.05) is 0 Å². The lowest BCUT2D eigenvalue weighted by Crippen LogP contribution is -2.23. The number of ketones is 1. The largest absolute Gasteiger partial charge is 0.378 e. The number of carbonyl (C=O) groups excluding carboxylic acids is 1. The average molecular weight is 185 g/mol. The quantitative estimate of drug-likeness (QED) is 0.644. The highest BCUT2D eigenvalue weighted by Gasteiger charge is 2.20. The van der Waals surface area contributed by atoms with E-state index in [1.165, 1.54) is 7.11 Å². The maximum Gasteiger partial charge on any atom is 0.201 e. The van der Waals surface area contributed by atoms with Crippen LogP contribution < -0.4 is 0 Å². The Morgan fingerprint density at radius 3 is 3.00 bits per heavy atom. The second-order valence-electron chi connectivity index (χ2n) is 3.17. The normalized spacial score (nSPS) is 21.8. The lowest BCUT2D eigenvalue weighted by atomic mass is 10.1. The molecule has 13 heavy (non-hydrogen) atoms. The summed E-state index contributed by atoms with van der Waals surface area (Å²) in [5.74, 6) is -0.238. The van der Waals surface area contributed by atoms with E-state index < -0.39 is 0 Å². The van der Waals surface area contributed by atoms with E-state index >= 15 is 0 Å². The minimum Gasteiger partial charge on any atom is -0.378 e. The van der Waals surface area contributed by atoms with Crippen molar-refractivity contribution in [3.05, 3.63) is 0 Å². The van der Waals surface area contributed by atoms with Gasteiger partial charge in [0.25, 0.3) is 0 Å². The van der Waals surface area contributed by atoms with E-state index in [2.05, 4.69) is 4.74 Å². The van der Waals surface area contributed by atoms with E-state index in [0.717, 1.165) is 19.4 Å². The maximum atomic E-state index is 11.1. The van der Waals surface area contributed by atoms with Crippen LogP contribution >= 0.6 is 0 Å². The van der Waals surface area contributed by atoms with Gasteiger partial charge in [0, 0.05) is 20.1 Å². The highest BCUT2D eigenvalue weighted by atomic mass is 16.5. The predicted octanol–water partition coefficient (Wildman–Crippen LogP) is 0.791. The number of hydrogen-bond acceptors (Lipinski definition) is 4. The molecule has 0 aromatic heterocycles. The molecule has 1 rings (SSSR count). The lowest BCUT2D eigenvalue weighted by molar-refractivity contribution is -0.116. The molecule has 1 aliphatic rings. The summed E-state index contributed by atoms with van der Waals surface area (Å²) in [6.45, 7) is 0.766. The molecule has 0 aliphatic carbocycles. The van der Waals surface area contributed by atoms with Gasteiger partial charge in [0.1, 0.15) is 6.61 Å². The van der Waals surface area contributed by atoms with Crippen LogP contribution in [0.15, 0.2) is 0 Å². The minimum atomic E-state index is -0.238. The molecule has 1 N–H and O–H groups in total. The molecule has 74 valence electrons. The Morgan fingerprint density at radius 1 is 1.69 bits per heavy atom. The lowest BCUT2D eigenvalue weighted by Gasteiger charge is -2.08. The van der Waals surface area contributed by atoms with E-state index in [1.54, 1.807) is 0 Å². The second kappa shape index (κ2) is 5.09. The molecular formula is C9H15NO3. The first-order valence-corrected chi connectivity index (χ1v) is 4.45. The third-order valence-corrected chi connectivity index (χ3v) is 2.07. The van der Waals surface area contributed by atoms with E-state index in [4.69, 9.17) is 10.1 Å². The van der Waals surface area contributed by atoms with Crippen molar-refractivity contribution in [2.45, 2.75) is 25.4 Å². The van der Waals surface area contributed by atoms with Crippen molar-refractivity contribution in [2.75, 3.05) is 20.3 Å². The highest BCUT2D eigenvalue weighted by Crippen LogP contribution is 2.15. The number of hydrogen-bond donors (Lipinski definition) is 1. The second-order valence-corrected chi connectivity index (χ2v) is 3.17. The number of nitrogens with one attached hydrogen (secondary N) is 1. The first kappa shape index (κ1) is 10.3. The monoisotopic (exact) mass is 185 g/mol. The van der Waals surface area contributed by atoms with E-state index in [1.807, 2.05) is 0 Å². The van der Waals surface area contributed by atoms with Gasteiger partial charge in [0.15, 0.2) is 0 Å². The Kier molecular flexibility index (Phi) is 4.05. The molecule has 4 heteroatoms. The standard InChI is InChI=1S/C9H15NO3/c1-12-6-9(11)8(10)5-7-3-2-4-13-7/h7,10H,2-6H2,1H3. The number of rotatable bonds is 5. The number of Topliss-reactive ketones (excluding diaryl/α,β-unsaturated/α-hetero) is 1. The first-order valence-electron chi connectivity index (χ1n) is 4.45. The summed E-state index contributed by atoms with van der Waals surface area (Å²) >= 11 is 0. The van der Waals surface area contributed by atoms with Crippen molar-refractivity contribution in [3.63, 3.8) is 0 Å². The number of methoxy groups -OCH3 is 1. The van der Waals surface area contributed by atoms with Crippen molar-refractivity contribution < 1.29 is 14.3 Å². The zero-order valence-corrected chi connectivity index (χ0v) is 7.84. The molecule has 0 amide bonds. The zero-order chi connectivity index (χ0) is 9.68. The molecule has 0 bridgehead atoms. The van der Waals surface area contributed by atoms with Crippen LogP contribution in [0.2, 0.25) is 0 Å². The molecule has 1 atom stereocenters. The Hall–Kier alpha value is -0.740. The summed E-state index contributed by atoms with van der Waals surface area (Å²) < 4.78 is 9.98. The summed E-state index contributed by atoms with van der Waals surface area (Å²) in [6, 6.07) is 0. The third kappa shape index (κ3) is 3.24. The predicted molar refractivity (Wildman–Crippen MR) is 48.2 cm³/mol. The van der Waals surface area contributed by atoms with E-state index in [0.29, 0.717) is 6.42 Å². The molecule has 4 nitrogen and oxygen atoms in total. The minimum absolute atomic E-state index is 0.00551. The van der Waals surface area contributed by atoms with Crippen LogP contribution in [-0.4, -0.2) is 37.9 Å². The summed E-state index contributed by atoms with van der Waals surface area (Å²) in [5, 5.41) is 7.45. The topological polar surface area (TPSA) is 59.4 Å². The maximum absolute atomic E-state index is 11.1. The van der Waals surface area contributed by atoms with Crippen LogP contribution in [0.1, 0.15) is 19.3 Å². The molecule has 1 unspecified atom stereocenters. The fourth-order valence-electron chi connectivity index (χ4n) is 1.37. The van der Waals surface area contributed by atoms with E-state index in [9.17, 15) is 4.79 Å². The van der Waals surface area contributed by atoms with Crippen LogP contribution in [0.5, 0.6) is 0 Å². The fourth-order valence-corrected chi connectivity index (χ4v) is 1.37. The molecular weight excluding hydrogens is 170 g/mol. The molecule has 0 aromatic carbocycles. The van der Waals surface area contributed by atoms with Gasteiger partial charge in [0.2, 0.25) is 5.78 Å². The van der Waals surface area contributed by atoms with Crippen LogP contribution in [0.4, 0.5) is 0 Å². The summed E-state index contributed by atoms with van der Waals surface area (Å²) in [5.41, 5.74) is 0.119. The highest BCUT2D eigenvalue weighted by molar-refractivity contribution is 6.39. The van der Waals surface area contributed by atoms with Gasteiger partial charge in [-0.05, 0) is 12.8 Å².